The molecule has 1 saturated heterocycles. The standard InChI is InChI=1S/C19H26N2O5S/c1-4-13(2)14(3)20-18(22)15-10-16(19(23)24)12-17(11-15)27(25,26)21-8-6-5-7-9-21/h4,10-12,14H,5-9H2,1-3H3,(H,20,22)(H,23,24). The van der Waals surface area contributed by atoms with Gasteiger partial charge in [-0.25, -0.2) is 13.2 Å². The lowest BCUT2D eigenvalue weighted by molar-refractivity contribution is 0.0696. The van der Waals surface area contributed by atoms with Crippen LogP contribution in [0, 0.1) is 0 Å². The van der Waals surface area contributed by atoms with E-state index < -0.39 is 21.9 Å². The molecule has 27 heavy (non-hydrogen) atoms. The fraction of sp³-hybridized carbons (Fsp3) is 0.474. The number of benzene rings is 1. The molecule has 1 unspecified atom stereocenters. The molecule has 1 aliphatic rings. The van der Waals surface area contributed by atoms with Crippen molar-refractivity contribution < 1.29 is 23.1 Å². The maximum absolute atomic E-state index is 12.9. The number of hydrogen-bond donors (Lipinski definition) is 2. The predicted molar refractivity (Wildman–Crippen MR) is 102 cm³/mol. The summed E-state index contributed by atoms with van der Waals surface area (Å²) in [5, 5.41) is 12.1. The fourth-order valence-corrected chi connectivity index (χ4v) is 4.49. The Labute approximate surface area is 160 Å². The lowest BCUT2D eigenvalue weighted by Gasteiger charge is -2.26. The van der Waals surface area contributed by atoms with Gasteiger partial charge in [0.05, 0.1) is 10.5 Å². The molecule has 0 aromatic heterocycles. The first-order chi connectivity index (χ1) is 12.7. The van der Waals surface area contributed by atoms with Crippen molar-refractivity contribution in [3.05, 3.63) is 41.0 Å². The van der Waals surface area contributed by atoms with Gasteiger partial charge in [0.1, 0.15) is 0 Å². The summed E-state index contributed by atoms with van der Waals surface area (Å²) < 4.78 is 27.2. The van der Waals surface area contributed by atoms with E-state index in [1.165, 1.54) is 16.4 Å². The molecule has 8 heteroatoms. The molecule has 2 rings (SSSR count). The number of hydrogen-bond acceptors (Lipinski definition) is 4. The van der Waals surface area contributed by atoms with Crippen molar-refractivity contribution in [1.82, 2.24) is 9.62 Å². The number of nitrogens with one attached hydrogen (secondary N) is 1. The first kappa shape index (κ1) is 21.1. The van der Waals surface area contributed by atoms with Gasteiger partial charge < -0.3 is 10.4 Å². The Morgan fingerprint density at radius 3 is 2.30 bits per heavy atom. The van der Waals surface area contributed by atoms with E-state index in [1.54, 1.807) is 6.92 Å². The highest BCUT2D eigenvalue weighted by Gasteiger charge is 2.28. The van der Waals surface area contributed by atoms with E-state index in [0.717, 1.165) is 30.9 Å². The minimum atomic E-state index is -3.84. The Bertz CT molecular complexity index is 855. The number of aromatic carboxylic acids is 1. The number of allylic oxidation sites excluding steroid dienone is 1. The molecule has 1 aromatic carbocycles. The summed E-state index contributed by atoms with van der Waals surface area (Å²) in [6, 6.07) is 3.32. The highest BCUT2D eigenvalue weighted by Crippen LogP contribution is 2.23. The molecule has 1 amide bonds. The van der Waals surface area contributed by atoms with E-state index in [4.69, 9.17) is 0 Å². The van der Waals surface area contributed by atoms with E-state index in [0.29, 0.717) is 13.1 Å². The largest absolute Gasteiger partial charge is 0.478 e. The van der Waals surface area contributed by atoms with Crippen molar-refractivity contribution in [3.8, 4) is 0 Å². The van der Waals surface area contributed by atoms with E-state index in [2.05, 4.69) is 5.32 Å². The number of amides is 1. The van der Waals surface area contributed by atoms with Crippen molar-refractivity contribution in [1.29, 1.82) is 0 Å². The minimum Gasteiger partial charge on any atom is -0.478 e. The second-order valence-corrected chi connectivity index (χ2v) is 8.68. The summed E-state index contributed by atoms with van der Waals surface area (Å²) in [6.07, 6.45) is 4.37. The summed E-state index contributed by atoms with van der Waals surface area (Å²) >= 11 is 0. The van der Waals surface area contributed by atoms with E-state index in [1.807, 2.05) is 19.9 Å². The van der Waals surface area contributed by atoms with Crippen LogP contribution in [-0.2, 0) is 10.0 Å². The molecule has 1 aromatic rings. The van der Waals surface area contributed by atoms with Gasteiger partial charge in [0, 0.05) is 24.7 Å². The van der Waals surface area contributed by atoms with Crippen molar-refractivity contribution in [3.63, 3.8) is 0 Å². The number of carbonyl (C=O) groups excluding carboxylic acids is 1. The van der Waals surface area contributed by atoms with E-state index in [9.17, 15) is 23.1 Å². The zero-order chi connectivity index (χ0) is 20.2. The highest BCUT2D eigenvalue weighted by molar-refractivity contribution is 7.89. The first-order valence-electron chi connectivity index (χ1n) is 8.99. The van der Waals surface area contributed by atoms with Crippen LogP contribution in [0.1, 0.15) is 60.7 Å². The lowest BCUT2D eigenvalue weighted by Crippen LogP contribution is -2.36. The smallest absolute Gasteiger partial charge is 0.335 e. The van der Waals surface area contributed by atoms with Gasteiger partial charge in [-0.15, -0.1) is 0 Å². The number of carbonyl (C=O) groups is 2. The van der Waals surface area contributed by atoms with Gasteiger partial charge >= 0.3 is 5.97 Å². The SMILES string of the molecule is CC=C(C)C(C)NC(=O)c1cc(C(=O)O)cc(S(=O)(=O)N2CCCCC2)c1. The Kier molecular flexibility index (Phi) is 6.78. The average molecular weight is 394 g/mol. The number of sulfonamides is 1. The zero-order valence-electron chi connectivity index (χ0n) is 15.9. The van der Waals surface area contributed by atoms with Gasteiger partial charge in [-0.2, -0.15) is 4.31 Å². The monoisotopic (exact) mass is 394 g/mol. The number of carboxylic acids is 1. The second kappa shape index (κ2) is 8.67. The van der Waals surface area contributed by atoms with Gasteiger partial charge in [-0.05, 0) is 51.8 Å². The summed E-state index contributed by atoms with van der Waals surface area (Å²) in [5.74, 6) is -1.79. The average Bonchev–Trinajstić information content (AvgIpc) is 2.67. The van der Waals surface area contributed by atoms with Crippen LogP contribution in [0.4, 0.5) is 0 Å². The molecular formula is C19H26N2O5S. The van der Waals surface area contributed by atoms with Crippen LogP contribution < -0.4 is 5.32 Å². The topological polar surface area (TPSA) is 104 Å². The maximum atomic E-state index is 12.9. The summed E-state index contributed by atoms with van der Waals surface area (Å²) in [4.78, 5) is 23.9. The zero-order valence-corrected chi connectivity index (χ0v) is 16.7. The van der Waals surface area contributed by atoms with Crippen LogP contribution in [0.25, 0.3) is 0 Å². The molecule has 1 aliphatic heterocycles. The number of rotatable bonds is 6. The Balaban J connectivity index is 2.42. The molecule has 1 heterocycles. The first-order valence-corrected chi connectivity index (χ1v) is 10.4. The Morgan fingerprint density at radius 2 is 1.74 bits per heavy atom. The number of carboxylic acid groups (broad SMARTS) is 1. The van der Waals surface area contributed by atoms with Crippen LogP contribution in [-0.4, -0.2) is 48.8 Å². The van der Waals surface area contributed by atoms with Crippen molar-refractivity contribution in [2.75, 3.05) is 13.1 Å². The molecule has 0 saturated carbocycles. The molecule has 0 aliphatic carbocycles. The highest BCUT2D eigenvalue weighted by atomic mass is 32.2. The van der Waals surface area contributed by atoms with Crippen LogP contribution >= 0.6 is 0 Å². The van der Waals surface area contributed by atoms with Gasteiger partial charge in [-0.1, -0.05) is 18.1 Å². The van der Waals surface area contributed by atoms with Crippen molar-refractivity contribution in [2.45, 2.75) is 51.0 Å². The molecule has 0 spiro atoms. The molecule has 2 N–H and O–H groups in total. The van der Waals surface area contributed by atoms with E-state index >= 15 is 0 Å². The molecule has 148 valence electrons. The Hall–Kier alpha value is -2.19. The molecular weight excluding hydrogens is 368 g/mol. The van der Waals surface area contributed by atoms with E-state index in [-0.39, 0.29) is 22.1 Å². The number of nitrogens with zero attached hydrogens (tertiary/aromatic N) is 1. The quantitative estimate of drug-likeness (QED) is 0.722. The third-order valence-corrected chi connectivity index (χ3v) is 6.73. The Morgan fingerprint density at radius 1 is 1.15 bits per heavy atom. The third-order valence-electron chi connectivity index (χ3n) is 4.85. The lowest BCUT2D eigenvalue weighted by atomic mass is 10.1. The van der Waals surface area contributed by atoms with Gasteiger partial charge in [0.25, 0.3) is 5.91 Å². The minimum absolute atomic E-state index is 0.0150. The van der Waals surface area contributed by atoms with Crippen LogP contribution in [0.5, 0.6) is 0 Å². The fourth-order valence-electron chi connectivity index (χ4n) is 2.90. The molecule has 0 radical (unpaired) electrons. The van der Waals surface area contributed by atoms with Crippen molar-refractivity contribution in [2.24, 2.45) is 0 Å². The second-order valence-electron chi connectivity index (χ2n) is 6.74. The molecule has 7 nitrogen and oxygen atoms in total. The third kappa shape index (κ3) is 4.95. The summed E-state index contributed by atoms with van der Waals surface area (Å²) in [6.45, 7) is 6.33. The molecule has 0 bridgehead atoms. The van der Waals surface area contributed by atoms with Gasteiger partial charge in [-0.3, -0.25) is 4.79 Å². The number of piperidine rings is 1. The predicted octanol–water partition coefficient (Wildman–Crippen LogP) is 2.64. The van der Waals surface area contributed by atoms with Crippen LogP contribution in [0.3, 0.4) is 0 Å². The van der Waals surface area contributed by atoms with Gasteiger partial charge in [0.15, 0.2) is 0 Å². The molecule has 1 fully saturated rings. The maximum Gasteiger partial charge on any atom is 0.335 e. The summed E-state index contributed by atoms with van der Waals surface area (Å²) in [5.41, 5.74) is 0.730. The molecule has 1 atom stereocenters. The summed E-state index contributed by atoms with van der Waals surface area (Å²) in [7, 11) is -3.84. The van der Waals surface area contributed by atoms with Crippen LogP contribution in [0.15, 0.2) is 34.7 Å². The van der Waals surface area contributed by atoms with Crippen LogP contribution in [0.2, 0.25) is 0 Å². The normalized spacial score (nSPS) is 17.4. The van der Waals surface area contributed by atoms with Gasteiger partial charge in [0.2, 0.25) is 10.0 Å². The van der Waals surface area contributed by atoms with Crippen molar-refractivity contribution >= 4 is 21.9 Å².